The van der Waals surface area contributed by atoms with Crippen molar-refractivity contribution in [1.82, 2.24) is 0 Å². The maximum absolute atomic E-state index is 12.5. The minimum atomic E-state index is -0.369. The molecule has 0 aromatic heterocycles. The van der Waals surface area contributed by atoms with Crippen molar-refractivity contribution in [2.24, 2.45) is 0 Å². The topological polar surface area (TPSA) is 93.7 Å². The largest absolute Gasteiger partial charge is 0.493 e. The Labute approximate surface area is 202 Å². The van der Waals surface area contributed by atoms with Crippen LogP contribution in [0.1, 0.15) is 22.8 Å². The highest BCUT2D eigenvalue weighted by atomic mass is 35.5. The maximum Gasteiger partial charge on any atom is 0.262 e. The van der Waals surface area contributed by atoms with Crippen molar-refractivity contribution in [3.63, 3.8) is 0 Å². The Hall–Kier alpha value is -4.10. The summed E-state index contributed by atoms with van der Waals surface area (Å²) in [7, 11) is 1.48. The van der Waals surface area contributed by atoms with Crippen molar-refractivity contribution in [3.8, 4) is 11.5 Å². The van der Waals surface area contributed by atoms with E-state index in [-0.39, 0.29) is 24.2 Å². The Bertz CT molecular complexity index is 1240. The van der Waals surface area contributed by atoms with Gasteiger partial charge in [0.2, 0.25) is 5.91 Å². The molecule has 0 aliphatic carbocycles. The second kappa shape index (κ2) is 11.7. The van der Waals surface area contributed by atoms with Gasteiger partial charge in [-0.25, -0.2) is 0 Å². The van der Waals surface area contributed by atoms with Crippen LogP contribution in [-0.2, 0) is 9.59 Å². The number of carbonyl (C=O) groups is 3. The number of carbonyl (C=O) groups excluding carboxylic acids is 3. The van der Waals surface area contributed by atoms with Crippen molar-refractivity contribution >= 4 is 46.6 Å². The van der Waals surface area contributed by atoms with Crippen molar-refractivity contribution < 1.29 is 23.9 Å². The molecule has 0 saturated heterocycles. The lowest BCUT2D eigenvalue weighted by molar-refractivity contribution is -0.118. The van der Waals surface area contributed by atoms with Gasteiger partial charge in [-0.2, -0.15) is 0 Å². The fourth-order valence-corrected chi connectivity index (χ4v) is 3.20. The lowest BCUT2D eigenvalue weighted by atomic mass is 10.1. The molecular formula is C26H23ClN2O5. The molecule has 3 aromatic carbocycles. The number of ketones is 1. The Morgan fingerprint density at radius 3 is 2.47 bits per heavy atom. The van der Waals surface area contributed by atoms with Crippen LogP contribution in [0.2, 0.25) is 5.02 Å². The van der Waals surface area contributed by atoms with Crippen LogP contribution >= 0.6 is 11.6 Å². The minimum absolute atomic E-state index is 0.212. The number of allylic oxidation sites excluding steroid dienone is 1. The summed E-state index contributed by atoms with van der Waals surface area (Å²) in [5, 5.41) is 5.77. The molecule has 0 aliphatic rings. The van der Waals surface area contributed by atoms with Crippen LogP contribution in [0.5, 0.6) is 11.5 Å². The lowest BCUT2D eigenvalue weighted by Crippen LogP contribution is -2.20. The zero-order valence-electron chi connectivity index (χ0n) is 18.6. The van der Waals surface area contributed by atoms with Gasteiger partial charge in [0, 0.05) is 18.2 Å². The first-order valence-corrected chi connectivity index (χ1v) is 10.7. The first-order valence-electron chi connectivity index (χ1n) is 10.3. The fourth-order valence-electron chi connectivity index (χ4n) is 3.02. The molecule has 0 heterocycles. The third-order valence-corrected chi connectivity index (χ3v) is 4.92. The van der Waals surface area contributed by atoms with Gasteiger partial charge in [-0.3, -0.25) is 14.4 Å². The van der Waals surface area contributed by atoms with E-state index in [1.807, 2.05) is 0 Å². The van der Waals surface area contributed by atoms with Gasteiger partial charge in [0.1, 0.15) is 0 Å². The smallest absolute Gasteiger partial charge is 0.262 e. The molecule has 0 atom stereocenters. The summed E-state index contributed by atoms with van der Waals surface area (Å²) in [6.07, 6.45) is 3.07. The monoisotopic (exact) mass is 478 g/mol. The van der Waals surface area contributed by atoms with E-state index < -0.39 is 0 Å². The number of halogens is 1. The summed E-state index contributed by atoms with van der Waals surface area (Å²) in [4.78, 5) is 35.9. The predicted molar refractivity (Wildman–Crippen MR) is 133 cm³/mol. The van der Waals surface area contributed by atoms with Gasteiger partial charge < -0.3 is 20.1 Å². The van der Waals surface area contributed by atoms with Crippen molar-refractivity contribution in [2.75, 3.05) is 24.4 Å². The average molecular weight is 479 g/mol. The molecule has 3 aromatic rings. The van der Waals surface area contributed by atoms with E-state index in [1.54, 1.807) is 72.8 Å². The van der Waals surface area contributed by atoms with Crippen molar-refractivity contribution in [1.29, 1.82) is 0 Å². The number of hydrogen-bond acceptors (Lipinski definition) is 5. The van der Waals surface area contributed by atoms with Gasteiger partial charge in [0.25, 0.3) is 5.91 Å². The number of anilines is 2. The summed E-state index contributed by atoms with van der Waals surface area (Å²) in [6, 6.07) is 18.7. The van der Waals surface area contributed by atoms with Crippen LogP contribution in [0.25, 0.3) is 6.08 Å². The highest BCUT2D eigenvalue weighted by Gasteiger charge is 2.10. The fraction of sp³-hybridized carbons (Fsp3) is 0.115. The molecular weight excluding hydrogens is 456 g/mol. The number of methoxy groups -OCH3 is 1. The van der Waals surface area contributed by atoms with Crippen LogP contribution in [0.3, 0.4) is 0 Å². The molecule has 8 heteroatoms. The Balaban J connectivity index is 1.63. The highest BCUT2D eigenvalue weighted by Crippen LogP contribution is 2.29. The van der Waals surface area contributed by atoms with Crippen LogP contribution in [0.4, 0.5) is 11.4 Å². The number of benzene rings is 3. The van der Waals surface area contributed by atoms with E-state index in [1.165, 1.54) is 20.1 Å². The summed E-state index contributed by atoms with van der Waals surface area (Å²) in [6.45, 7) is 1.17. The van der Waals surface area contributed by atoms with Crippen LogP contribution in [0.15, 0.2) is 72.8 Å². The van der Waals surface area contributed by atoms with E-state index >= 15 is 0 Å². The Morgan fingerprint density at radius 2 is 1.74 bits per heavy atom. The number of rotatable bonds is 9. The standard InChI is InChI=1S/C26H23ClN2O5/c1-17(30)28-20-7-5-6-19(15-20)23(31)12-10-18-11-13-24(25(14-18)33-2)34-16-26(32)29-22-9-4-3-8-21(22)27/h3-15H,16H2,1-2H3,(H,28,30)(H,29,32)/b12-10+. The SMILES string of the molecule is COc1cc(/C=C/C(=O)c2cccc(NC(C)=O)c2)ccc1OCC(=O)Nc1ccccc1Cl. The van der Waals surface area contributed by atoms with E-state index in [4.69, 9.17) is 21.1 Å². The van der Waals surface area contributed by atoms with Crippen LogP contribution in [0, 0.1) is 0 Å². The van der Waals surface area contributed by atoms with Gasteiger partial charge in [0.05, 0.1) is 17.8 Å². The number of para-hydroxylation sites is 1. The van der Waals surface area contributed by atoms with Crippen molar-refractivity contribution in [3.05, 3.63) is 89.0 Å². The van der Waals surface area contributed by atoms with E-state index in [0.717, 1.165) is 0 Å². The molecule has 0 radical (unpaired) electrons. The molecule has 0 fully saturated rings. The zero-order chi connectivity index (χ0) is 24.5. The highest BCUT2D eigenvalue weighted by molar-refractivity contribution is 6.33. The maximum atomic E-state index is 12.5. The van der Waals surface area contributed by atoms with Gasteiger partial charge >= 0.3 is 0 Å². The minimum Gasteiger partial charge on any atom is -0.493 e. The third kappa shape index (κ3) is 6.95. The number of amides is 2. The van der Waals surface area contributed by atoms with Crippen LogP contribution in [-0.4, -0.2) is 31.3 Å². The molecule has 7 nitrogen and oxygen atoms in total. The summed E-state index contributed by atoms with van der Waals surface area (Å²) >= 11 is 6.05. The molecule has 0 spiro atoms. The average Bonchev–Trinajstić information content (AvgIpc) is 2.82. The summed E-state index contributed by atoms with van der Waals surface area (Å²) < 4.78 is 11.0. The third-order valence-electron chi connectivity index (χ3n) is 4.59. The molecule has 0 saturated carbocycles. The predicted octanol–water partition coefficient (Wildman–Crippen LogP) is 5.22. The van der Waals surface area contributed by atoms with E-state index in [9.17, 15) is 14.4 Å². The van der Waals surface area contributed by atoms with E-state index in [0.29, 0.717) is 39.0 Å². The second-order valence-electron chi connectivity index (χ2n) is 7.19. The molecule has 2 amide bonds. The molecule has 0 bridgehead atoms. The Morgan fingerprint density at radius 1 is 0.941 bits per heavy atom. The molecule has 174 valence electrons. The summed E-state index contributed by atoms with van der Waals surface area (Å²) in [5.41, 5.74) is 2.20. The normalized spacial score (nSPS) is 10.6. The first kappa shape index (κ1) is 24.5. The van der Waals surface area contributed by atoms with Crippen LogP contribution < -0.4 is 20.1 Å². The van der Waals surface area contributed by atoms with Gasteiger partial charge in [-0.15, -0.1) is 0 Å². The zero-order valence-corrected chi connectivity index (χ0v) is 19.4. The lowest BCUT2D eigenvalue weighted by Gasteiger charge is -2.12. The molecule has 2 N–H and O–H groups in total. The molecule has 34 heavy (non-hydrogen) atoms. The van der Waals surface area contributed by atoms with Gasteiger partial charge in [-0.05, 0) is 48.0 Å². The molecule has 0 aliphatic heterocycles. The van der Waals surface area contributed by atoms with Gasteiger partial charge in [-0.1, -0.05) is 48.0 Å². The van der Waals surface area contributed by atoms with Crippen molar-refractivity contribution in [2.45, 2.75) is 6.92 Å². The first-order chi connectivity index (χ1) is 16.4. The number of hydrogen-bond donors (Lipinski definition) is 2. The quantitative estimate of drug-likeness (QED) is 0.325. The number of ether oxygens (including phenoxy) is 2. The van der Waals surface area contributed by atoms with Gasteiger partial charge in [0.15, 0.2) is 23.9 Å². The second-order valence-corrected chi connectivity index (χ2v) is 7.59. The molecule has 3 rings (SSSR count). The summed E-state index contributed by atoms with van der Waals surface area (Å²) in [5.74, 6) is -0.0130. The number of nitrogens with one attached hydrogen (secondary N) is 2. The van der Waals surface area contributed by atoms with E-state index in [2.05, 4.69) is 10.6 Å². The Kier molecular flexibility index (Phi) is 8.43. The molecule has 0 unspecified atom stereocenters.